The van der Waals surface area contributed by atoms with Crippen molar-refractivity contribution in [1.82, 2.24) is 4.57 Å². The summed E-state index contributed by atoms with van der Waals surface area (Å²) in [4.78, 5) is 11.8. The molecule has 0 amide bonds. The number of benzene rings is 1. The molecule has 5 nitrogen and oxygen atoms in total. The summed E-state index contributed by atoms with van der Waals surface area (Å²) >= 11 is 0. The van der Waals surface area contributed by atoms with Crippen molar-refractivity contribution < 1.29 is 19.0 Å². The van der Waals surface area contributed by atoms with Crippen LogP contribution in [-0.2, 0) is 17.7 Å². The molecule has 124 valence electrons. The summed E-state index contributed by atoms with van der Waals surface area (Å²) in [6.07, 6.45) is 2.75. The third-order valence-corrected chi connectivity index (χ3v) is 3.83. The fraction of sp³-hybridized carbons (Fsp3) is 0.389. The molecule has 0 radical (unpaired) electrons. The number of esters is 1. The molecule has 23 heavy (non-hydrogen) atoms. The minimum Gasteiger partial charge on any atom is -0.493 e. The molecule has 0 N–H and O–H groups in total. The minimum atomic E-state index is -0.269. The van der Waals surface area contributed by atoms with Gasteiger partial charge in [-0.05, 0) is 44.0 Å². The van der Waals surface area contributed by atoms with Crippen LogP contribution in [0.1, 0.15) is 28.5 Å². The van der Waals surface area contributed by atoms with E-state index in [1.54, 1.807) is 21.1 Å². The number of methoxy groups -OCH3 is 2. The topological polar surface area (TPSA) is 49.7 Å². The van der Waals surface area contributed by atoms with Crippen LogP contribution < -0.4 is 9.47 Å². The van der Waals surface area contributed by atoms with Gasteiger partial charge in [-0.3, -0.25) is 0 Å². The van der Waals surface area contributed by atoms with E-state index < -0.39 is 0 Å². The molecule has 0 fully saturated rings. The van der Waals surface area contributed by atoms with Gasteiger partial charge in [0.05, 0.1) is 26.4 Å². The van der Waals surface area contributed by atoms with Gasteiger partial charge in [-0.25, -0.2) is 4.79 Å². The largest absolute Gasteiger partial charge is 0.493 e. The van der Waals surface area contributed by atoms with E-state index in [9.17, 15) is 4.79 Å². The highest BCUT2D eigenvalue weighted by atomic mass is 16.5. The molecule has 0 spiro atoms. The molecule has 5 heteroatoms. The highest BCUT2D eigenvalue weighted by molar-refractivity contribution is 5.90. The lowest BCUT2D eigenvalue weighted by Crippen LogP contribution is -2.08. The smallest absolute Gasteiger partial charge is 0.339 e. The number of hydrogen-bond acceptors (Lipinski definition) is 4. The maximum Gasteiger partial charge on any atom is 0.339 e. The lowest BCUT2D eigenvalue weighted by Gasteiger charge is -2.11. The number of carbonyl (C=O) groups excluding carboxylic acids is 1. The van der Waals surface area contributed by atoms with Crippen LogP contribution in [0.4, 0.5) is 0 Å². The normalized spacial score (nSPS) is 10.4. The van der Waals surface area contributed by atoms with Gasteiger partial charge < -0.3 is 18.8 Å². The molecule has 2 rings (SSSR count). The first-order valence-corrected chi connectivity index (χ1v) is 7.64. The second-order valence-corrected chi connectivity index (χ2v) is 5.17. The van der Waals surface area contributed by atoms with Crippen molar-refractivity contribution in [1.29, 1.82) is 0 Å². The third-order valence-electron chi connectivity index (χ3n) is 3.83. The maximum absolute atomic E-state index is 11.8. The van der Waals surface area contributed by atoms with Crippen molar-refractivity contribution in [3.63, 3.8) is 0 Å². The molecule has 1 aromatic heterocycles. The van der Waals surface area contributed by atoms with Crippen molar-refractivity contribution in [2.45, 2.75) is 26.8 Å². The molecule has 0 atom stereocenters. The highest BCUT2D eigenvalue weighted by Crippen LogP contribution is 2.28. The number of aryl methyl sites for hydroxylation is 2. The number of nitrogens with zero attached hydrogens (tertiary/aromatic N) is 1. The molecule has 0 bridgehead atoms. The first kappa shape index (κ1) is 16.9. The molecule has 0 unspecified atom stereocenters. The Hall–Kier alpha value is -2.43. The highest BCUT2D eigenvalue weighted by Gasteiger charge is 2.13. The zero-order valence-corrected chi connectivity index (χ0v) is 14.1. The van der Waals surface area contributed by atoms with Gasteiger partial charge >= 0.3 is 5.97 Å². The molecule has 0 aliphatic heterocycles. The second kappa shape index (κ2) is 7.72. The van der Waals surface area contributed by atoms with Crippen LogP contribution in [0, 0.1) is 6.92 Å². The predicted octanol–water partition coefficient (Wildman–Crippen LogP) is 3.23. The van der Waals surface area contributed by atoms with Crippen LogP contribution in [0.15, 0.2) is 30.5 Å². The molecule has 2 aromatic rings. The van der Waals surface area contributed by atoms with E-state index in [4.69, 9.17) is 14.2 Å². The molecular weight excluding hydrogens is 294 g/mol. The number of carbonyl (C=O) groups is 1. The van der Waals surface area contributed by atoms with E-state index in [-0.39, 0.29) is 5.97 Å². The van der Waals surface area contributed by atoms with Crippen LogP contribution in [0.5, 0.6) is 11.5 Å². The zero-order valence-electron chi connectivity index (χ0n) is 14.1. The molecule has 0 saturated heterocycles. The van der Waals surface area contributed by atoms with E-state index in [1.165, 1.54) is 0 Å². The van der Waals surface area contributed by atoms with Gasteiger partial charge in [-0.1, -0.05) is 6.07 Å². The van der Waals surface area contributed by atoms with Crippen molar-refractivity contribution in [2.75, 3.05) is 20.8 Å². The Balaban J connectivity index is 2.08. The van der Waals surface area contributed by atoms with Gasteiger partial charge in [0, 0.05) is 18.4 Å². The van der Waals surface area contributed by atoms with Gasteiger partial charge in [0.1, 0.15) is 0 Å². The predicted molar refractivity (Wildman–Crippen MR) is 88.4 cm³/mol. The average molecular weight is 317 g/mol. The van der Waals surface area contributed by atoms with Crippen LogP contribution in [0.3, 0.4) is 0 Å². The van der Waals surface area contributed by atoms with Gasteiger partial charge in [0.15, 0.2) is 11.5 Å². The molecule has 1 aromatic carbocycles. The van der Waals surface area contributed by atoms with E-state index in [0.717, 1.165) is 35.7 Å². The van der Waals surface area contributed by atoms with E-state index in [1.807, 2.05) is 37.4 Å². The van der Waals surface area contributed by atoms with Crippen LogP contribution in [0.25, 0.3) is 0 Å². The molecule has 0 aliphatic carbocycles. The number of hydrogen-bond donors (Lipinski definition) is 0. The molecule has 1 heterocycles. The summed E-state index contributed by atoms with van der Waals surface area (Å²) < 4.78 is 17.7. The fourth-order valence-corrected chi connectivity index (χ4v) is 2.50. The van der Waals surface area contributed by atoms with Crippen LogP contribution in [0.2, 0.25) is 0 Å². The Kier molecular flexibility index (Phi) is 5.68. The maximum atomic E-state index is 11.8. The summed E-state index contributed by atoms with van der Waals surface area (Å²) in [5, 5.41) is 0. The van der Waals surface area contributed by atoms with Crippen molar-refractivity contribution >= 4 is 5.97 Å². The lowest BCUT2D eigenvalue weighted by molar-refractivity contribution is 0.0525. The van der Waals surface area contributed by atoms with E-state index in [2.05, 4.69) is 4.57 Å². The Morgan fingerprint density at radius 2 is 1.87 bits per heavy atom. The third kappa shape index (κ3) is 3.86. The summed E-state index contributed by atoms with van der Waals surface area (Å²) in [6.45, 7) is 4.90. The Morgan fingerprint density at radius 1 is 1.13 bits per heavy atom. The summed E-state index contributed by atoms with van der Waals surface area (Å²) in [7, 11) is 3.25. The number of ether oxygens (including phenoxy) is 3. The molecule has 0 saturated carbocycles. The van der Waals surface area contributed by atoms with E-state index in [0.29, 0.717) is 12.2 Å². The standard InChI is InChI=1S/C18H23NO4/c1-5-23-18(20)15-9-11-19(13(15)2)10-8-14-6-7-16(21-3)17(12-14)22-4/h6-7,9,11-12H,5,8,10H2,1-4H3. The van der Waals surface area contributed by atoms with Crippen molar-refractivity contribution in [3.05, 3.63) is 47.3 Å². The van der Waals surface area contributed by atoms with Crippen LogP contribution >= 0.6 is 0 Å². The summed E-state index contributed by atoms with van der Waals surface area (Å²) in [5.74, 6) is 1.18. The first-order chi connectivity index (χ1) is 11.1. The quantitative estimate of drug-likeness (QED) is 0.736. The fourth-order valence-electron chi connectivity index (χ4n) is 2.50. The van der Waals surface area contributed by atoms with E-state index >= 15 is 0 Å². The Labute approximate surface area is 136 Å². The van der Waals surface area contributed by atoms with Crippen molar-refractivity contribution in [3.8, 4) is 11.5 Å². The second-order valence-electron chi connectivity index (χ2n) is 5.17. The number of rotatable bonds is 7. The zero-order chi connectivity index (χ0) is 16.8. The van der Waals surface area contributed by atoms with Crippen molar-refractivity contribution in [2.24, 2.45) is 0 Å². The molecular formula is C18H23NO4. The monoisotopic (exact) mass is 317 g/mol. The van der Waals surface area contributed by atoms with Gasteiger partial charge in [-0.15, -0.1) is 0 Å². The van der Waals surface area contributed by atoms with Crippen LogP contribution in [-0.4, -0.2) is 31.4 Å². The Bertz CT molecular complexity index is 676. The molecule has 0 aliphatic rings. The summed E-state index contributed by atoms with van der Waals surface area (Å²) in [6, 6.07) is 7.71. The summed E-state index contributed by atoms with van der Waals surface area (Å²) in [5.41, 5.74) is 2.69. The minimum absolute atomic E-state index is 0.269. The van der Waals surface area contributed by atoms with Gasteiger partial charge in [0.25, 0.3) is 0 Å². The Morgan fingerprint density at radius 3 is 2.52 bits per heavy atom. The van der Waals surface area contributed by atoms with Gasteiger partial charge in [0.2, 0.25) is 0 Å². The lowest BCUT2D eigenvalue weighted by atomic mass is 10.1. The van der Waals surface area contributed by atoms with Gasteiger partial charge in [-0.2, -0.15) is 0 Å². The SMILES string of the molecule is CCOC(=O)c1ccn(CCc2ccc(OC)c(OC)c2)c1C. The first-order valence-electron chi connectivity index (χ1n) is 7.64. The average Bonchev–Trinajstić information content (AvgIpc) is 2.93. The number of aromatic nitrogens is 1.